The molecule has 0 amide bonds. The molecule has 0 fully saturated rings. The number of ketones is 1. The molecule has 0 spiro atoms. The number of pyridine rings is 1. The summed E-state index contributed by atoms with van der Waals surface area (Å²) in [6.45, 7) is 0. The molecule has 0 aromatic carbocycles. The Morgan fingerprint density at radius 3 is 3.07 bits per heavy atom. The Balaban J connectivity index is 2.52. The Labute approximate surface area is 93.1 Å². The molecule has 0 radical (unpaired) electrons. The van der Waals surface area contributed by atoms with E-state index >= 15 is 0 Å². The van der Waals surface area contributed by atoms with Gasteiger partial charge in [-0.15, -0.1) is 0 Å². The molecule has 2 nitrogen and oxygen atoms in total. The number of rotatable bonds is 5. The molecule has 1 aromatic heterocycles. The molecule has 1 heterocycles. The van der Waals surface area contributed by atoms with Gasteiger partial charge in [-0.2, -0.15) is 11.8 Å². The summed E-state index contributed by atoms with van der Waals surface area (Å²) in [6.07, 6.45) is 6.25. The normalized spacial score (nSPS) is 10.1. The van der Waals surface area contributed by atoms with Gasteiger partial charge in [0.1, 0.15) is 5.78 Å². The zero-order valence-electron chi connectivity index (χ0n) is 8.00. The minimum atomic E-state index is 0.229. The van der Waals surface area contributed by atoms with Crippen LogP contribution in [0.2, 0.25) is 5.02 Å². The third-order valence-electron chi connectivity index (χ3n) is 1.83. The van der Waals surface area contributed by atoms with Crippen LogP contribution in [-0.4, -0.2) is 22.8 Å². The van der Waals surface area contributed by atoms with Crippen LogP contribution in [-0.2, 0) is 11.2 Å². The summed E-state index contributed by atoms with van der Waals surface area (Å²) >= 11 is 7.56. The van der Waals surface area contributed by atoms with Crippen molar-refractivity contribution in [2.45, 2.75) is 12.8 Å². The maximum Gasteiger partial charge on any atom is 0.138 e. The minimum Gasteiger partial charge on any atom is -0.299 e. The van der Waals surface area contributed by atoms with Gasteiger partial charge in [0, 0.05) is 25.2 Å². The van der Waals surface area contributed by atoms with Gasteiger partial charge in [-0.25, -0.2) is 0 Å². The average molecular weight is 230 g/mol. The lowest BCUT2D eigenvalue weighted by atomic mass is 10.1. The molecular weight excluding hydrogens is 218 g/mol. The van der Waals surface area contributed by atoms with Crippen LogP contribution < -0.4 is 0 Å². The van der Waals surface area contributed by atoms with E-state index in [2.05, 4.69) is 4.98 Å². The van der Waals surface area contributed by atoms with Gasteiger partial charge in [0.15, 0.2) is 0 Å². The van der Waals surface area contributed by atoms with Crippen molar-refractivity contribution in [1.82, 2.24) is 4.98 Å². The minimum absolute atomic E-state index is 0.229. The average Bonchev–Trinajstić information content (AvgIpc) is 2.18. The highest BCUT2D eigenvalue weighted by molar-refractivity contribution is 7.98. The molecule has 1 rings (SSSR count). The largest absolute Gasteiger partial charge is 0.299 e. The van der Waals surface area contributed by atoms with Gasteiger partial charge in [-0.3, -0.25) is 9.78 Å². The predicted molar refractivity (Wildman–Crippen MR) is 61.0 cm³/mol. The number of carbonyl (C=O) groups is 1. The maximum atomic E-state index is 11.4. The van der Waals surface area contributed by atoms with Crippen molar-refractivity contribution in [3.63, 3.8) is 0 Å². The first-order chi connectivity index (χ1) is 6.74. The molecule has 0 aliphatic carbocycles. The molecule has 4 heteroatoms. The topological polar surface area (TPSA) is 30.0 Å². The van der Waals surface area contributed by atoms with Crippen LogP contribution in [0.15, 0.2) is 18.5 Å². The fourth-order valence-electron chi connectivity index (χ4n) is 1.06. The smallest absolute Gasteiger partial charge is 0.138 e. The van der Waals surface area contributed by atoms with Crippen molar-refractivity contribution >= 4 is 29.1 Å². The summed E-state index contributed by atoms with van der Waals surface area (Å²) in [5.74, 6) is 1.11. The van der Waals surface area contributed by atoms with Crippen LogP contribution >= 0.6 is 23.4 Å². The third kappa shape index (κ3) is 3.68. The van der Waals surface area contributed by atoms with E-state index in [9.17, 15) is 4.79 Å². The summed E-state index contributed by atoms with van der Waals surface area (Å²) in [5.41, 5.74) is 0.868. The third-order valence-corrected chi connectivity index (χ3v) is 2.78. The van der Waals surface area contributed by atoms with Gasteiger partial charge in [0.25, 0.3) is 0 Å². The van der Waals surface area contributed by atoms with Gasteiger partial charge >= 0.3 is 0 Å². The van der Waals surface area contributed by atoms with Crippen LogP contribution in [0, 0.1) is 0 Å². The molecule has 0 unspecified atom stereocenters. The molecule has 14 heavy (non-hydrogen) atoms. The van der Waals surface area contributed by atoms with Gasteiger partial charge in [-0.05, 0) is 23.6 Å². The van der Waals surface area contributed by atoms with E-state index in [0.29, 0.717) is 17.9 Å². The van der Waals surface area contributed by atoms with E-state index in [1.165, 1.54) is 0 Å². The fourth-order valence-corrected chi connectivity index (χ4v) is 1.68. The van der Waals surface area contributed by atoms with Gasteiger partial charge in [0.05, 0.1) is 5.02 Å². The number of nitrogens with zero attached hydrogens (tertiary/aromatic N) is 1. The lowest BCUT2D eigenvalue weighted by Gasteiger charge is -2.01. The molecule has 0 aliphatic rings. The number of carbonyl (C=O) groups excluding carboxylic acids is 1. The Bertz CT molecular complexity index is 317. The monoisotopic (exact) mass is 229 g/mol. The van der Waals surface area contributed by atoms with E-state index < -0.39 is 0 Å². The number of halogens is 1. The van der Waals surface area contributed by atoms with E-state index in [0.717, 1.165) is 11.3 Å². The molecule has 0 bridgehead atoms. The second kappa shape index (κ2) is 6.04. The van der Waals surface area contributed by atoms with Crippen LogP contribution in [0.4, 0.5) is 0 Å². The van der Waals surface area contributed by atoms with Crippen LogP contribution in [0.3, 0.4) is 0 Å². The van der Waals surface area contributed by atoms with Crippen molar-refractivity contribution in [1.29, 1.82) is 0 Å². The van der Waals surface area contributed by atoms with Crippen LogP contribution in [0.25, 0.3) is 0 Å². The van der Waals surface area contributed by atoms with Crippen LogP contribution in [0.5, 0.6) is 0 Å². The summed E-state index contributed by atoms with van der Waals surface area (Å²) in [6, 6.07) is 1.79. The zero-order valence-corrected chi connectivity index (χ0v) is 9.57. The maximum absolute atomic E-state index is 11.4. The molecular formula is C10H12ClNOS. The summed E-state index contributed by atoms with van der Waals surface area (Å²) in [5, 5.41) is 0.574. The second-order valence-corrected chi connectivity index (χ2v) is 4.32. The summed E-state index contributed by atoms with van der Waals surface area (Å²) < 4.78 is 0. The van der Waals surface area contributed by atoms with Gasteiger partial charge in [-0.1, -0.05) is 11.6 Å². The zero-order chi connectivity index (χ0) is 10.4. The lowest BCUT2D eigenvalue weighted by molar-refractivity contribution is -0.118. The summed E-state index contributed by atoms with van der Waals surface area (Å²) in [7, 11) is 0. The van der Waals surface area contributed by atoms with E-state index in [4.69, 9.17) is 11.6 Å². The van der Waals surface area contributed by atoms with Crippen molar-refractivity contribution in [2.75, 3.05) is 12.0 Å². The fraction of sp³-hybridized carbons (Fsp3) is 0.400. The Kier molecular flexibility index (Phi) is 4.98. The number of thioether (sulfide) groups is 1. The van der Waals surface area contributed by atoms with Crippen molar-refractivity contribution in [3.8, 4) is 0 Å². The molecule has 0 saturated heterocycles. The van der Waals surface area contributed by atoms with Gasteiger partial charge in [0.2, 0.25) is 0 Å². The van der Waals surface area contributed by atoms with E-state index in [1.54, 1.807) is 30.2 Å². The van der Waals surface area contributed by atoms with E-state index in [1.807, 2.05) is 6.26 Å². The van der Waals surface area contributed by atoms with Gasteiger partial charge < -0.3 is 0 Å². The molecule has 1 aromatic rings. The first-order valence-electron chi connectivity index (χ1n) is 4.33. The highest BCUT2D eigenvalue weighted by Gasteiger charge is 2.06. The number of hydrogen-bond acceptors (Lipinski definition) is 3. The Morgan fingerprint density at radius 1 is 1.64 bits per heavy atom. The predicted octanol–water partition coefficient (Wildman–Crippen LogP) is 2.60. The highest BCUT2D eigenvalue weighted by Crippen LogP contribution is 2.14. The second-order valence-electron chi connectivity index (χ2n) is 2.93. The highest BCUT2D eigenvalue weighted by atomic mass is 35.5. The van der Waals surface area contributed by atoms with Crippen molar-refractivity contribution in [2.24, 2.45) is 0 Å². The van der Waals surface area contributed by atoms with Crippen LogP contribution in [0.1, 0.15) is 12.0 Å². The summed E-state index contributed by atoms with van der Waals surface area (Å²) in [4.78, 5) is 15.3. The van der Waals surface area contributed by atoms with Crippen molar-refractivity contribution in [3.05, 3.63) is 29.0 Å². The Hall–Kier alpha value is -0.540. The first kappa shape index (κ1) is 11.5. The van der Waals surface area contributed by atoms with E-state index in [-0.39, 0.29) is 5.78 Å². The number of aromatic nitrogens is 1. The standard InChI is InChI=1S/C10H12ClNOS/c1-14-5-3-9(13)6-8-2-4-12-7-10(8)11/h2,4,7H,3,5-6H2,1H3. The molecule has 0 aliphatic heterocycles. The Morgan fingerprint density at radius 2 is 2.43 bits per heavy atom. The molecule has 0 saturated carbocycles. The molecule has 0 N–H and O–H groups in total. The first-order valence-corrected chi connectivity index (χ1v) is 6.10. The number of Topliss-reactive ketones (excluding diaryl/α,β-unsaturated/α-hetero) is 1. The van der Waals surface area contributed by atoms with Crippen molar-refractivity contribution < 1.29 is 4.79 Å². The SMILES string of the molecule is CSCCC(=O)Cc1ccncc1Cl. The number of hydrogen-bond donors (Lipinski definition) is 0. The lowest BCUT2D eigenvalue weighted by Crippen LogP contribution is -2.04. The molecule has 0 atom stereocenters. The molecule has 76 valence electrons. The quantitative estimate of drug-likeness (QED) is 0.778.